The molecule has 1 atom stereocenters. The lowest BCUT2D eigenvalue weighted by molar-refractivity contribution is 0.121. The first-order valence-corrected chi connectivity index (χ1v) is 5.92. The van der Waals surface area contributed by atoms with E-state index < -0.39 is 0 Å². The topological polar surface area (TPSA) is 35.5 Å². The van der Waals surface area contributed by atoms with Crippen LogP contribution in [-0.4, -0.2) is 49.3 Å². The van der Waals surface area contributed by atoms with Crippen molar-refractivity contribution in [2.24, 2.45) is 11.8 Å². The quantitative estimate of drug-likeness (QED) is 0.684. The Bertz CT molecular complexity index is 161. The number of aliphatic hydroxyl groups excluding tert-OH is 1. The summed E-state index contributed by atoms with van der Waals surface area (Å²) in [4.78, 5) is 2.57. The monoisotopic (exact) mass is 198 g/mol. The summed E-state index contributed by atoms with van der Waals surface area (Å²) in [5, 5.41) is 12.4. The predicted octanol–water partition coefficient (Wildman–Crippen LogP) is 0.300. The van der Waals surface area contributed by atoms with Crippen LogP contribution in [0.2, 0.25) is 0 Å². The summed E-state index contributed by atoms with van der Waals surface area (Å²) in [5.74, 6) is 1.45. The molecule has 2 rings (SSSR count). The molecule has 2 fully saturated rings. The minimum absolute atomic E-state index is 0.388. The van der Waals surface area contributed by atoms with Crippen molar-refractivity contribution in [1.29, 1.82) is 0 Å². The Kier molecular flexibility index (Phi) is 3.79. The predicted molar refractivity (Wildman–Crippen MR) is 57.2 cm³/mol. The molecule has 14 heavy (non-hydrogen) atoms. The van der Waals surface area contributed by atoms with Crippen LogP contribution in [0.5, 0.6) is 0 Å². The molecule has 0 amide bonds. The fourth-order valence-corrected chi connectivity index (χ4v) is 2.59. The van der Waals surface area contributed by atoms with Crippen molar-refractivity contribution in [3.8, 4) is 0 Å². The van der Waals surface area contributed by atoms with Crippen LogP contribution >= 0.6 is 0 Å². The standard InChI is InChI=1S/C11H22N2O/c14-9-10-2-5-13(6-3-10)8-11-1-4-12-7-11/h10-12,14H,1-9H2. The molecule has 2 heterocycles. The first-order valence-electron chi connectivity index (χ1n) is 5.92. The zero-order valence-electron chi connectivity index (χ0n) is 8.91. The molecule has 0 aromatic rings. The van der Waals surface area contributed by atoms with Gasteiger partial charge >= 0.3 is 0 Å². The summed E-state index contributed by atoms with van der Waals surface area (Å²) < 4.78 is 0. The number of hydrogen-bond donors (Lipinski definition) is 2. The van der Waals surface area contributed by atoms with E-state index in [0.717, 1.165) is 5.92 Å². The van der Waals surface area contributed by atoms with Crippen LogP contribution in [0, 0.1) is 11.8 Å². The van der Waals surface area contributed by atoms with Crippen molar-refractivity contribution in [3.05, 3.63) is 0 Å². The highest BCUT2D eigenvalue weighted by molar-refractivity contribution is 4.78. The van der Waals surface area contributed by atoms with Gasteiger partial charge in [0, 0.05) is 13.2 Å². The van der Waals surface area contributed by atoms with Crippen LogP contribution in [0.4, 0.5) is 0 Å². The lowest BCUT2D eigenvalue weighted by Gasteiger charge is -2.32. The first kappa shape index (κ1) is 10.4. The molecule has 2 saturated heterocycles. The van der Waals surface area contributed by atoms with Gasteiger partial charge in [-0.1, -0.05) is 0 Å². The largest absolute Gasteiger partial charge is 0.396 e. The molecule has 0 radical (unpaired) electrons. The molecule has 0 spiro atoms. The molecule has 0 aromatic carbocycles. The smallest absolute Gasteiger partial charge is 0.0460 e. The normalized spacial score (nSPS) is 31.1. The Balaban J connectivity index is 1.67. The highest BCUT2D eigenvalue weighted by Crippen LogP contribution is 2.18. The van der Waals surface area contributed by atoms with Gasteiger partial charge in [0.1, 0.15) is 0 Å². The molecule has 3 heteroatoms. The van der Waals surface area contributed by atoms with E-state index in [1.165, 1.54) is 52.0 Å². The number of piperidine rings is 1. The zero-order chi connectivity index (χ0) is 9.80. The summed E-state index contributed by atoms with van der Waals surface area (Å²) in [5.41, 5.74) is 0. The van der Waals surface area contributed by atoms with Crippen molar-refractivity contribution < 1.29 is 5.11 Å². The fraction of sp³-hybridized carbons (Fsp3) is 1.00. The molecule has 1 unspecified atom stereocenters. The third kappa shape index (κ3) is 2.69. The van der Waals surface area contributed by atoms with Crippen LogP contribution in [-0.2, 0) is 0 Å². The van der Waals surface area contributed by atoms with Gasteiger partial charge in [-0.3, -0.25) is 0 Å². The van der Waals surface area contributed by atoms with Crippen LogP contribution in [0.3, 0.4) is 0 Å². The minimum atomic E-state index is 0.388. The third-order valence-corrected chi connectivity index (χ3v) is 3.64. The van der Waals surface area contributed by atoms with E-state index in [9.17, 15) is 0 Å². The van der Waals surface area contributed by atoms with Gasteiger partial charge in [-0.2, -0.15) is 0 Å². The van der Waals surface area contributed by atoms with Crippen LogP contribution < -0.4 is 5.32 Å². The van der Waals surface area contributed by atoms with Crippen LogP contribution in [0.1, 0.15) is 19.3 Å². The number of nitrogens with zero attached hydrogens (tertiary/aromatic N) is 1. The Morgan fingerprint density at radius 3 is 2.50 bits per heavy atom. The third-order valence-electron chi connectivity index (χ3n) is 3.64. The van der Waals surface area contributed by atoms with E-state index in [4.69, 9.17) is 5.11 Å². The van der Waals surface area contributed by atoms with E-state index in [-0.39, 0.29) is 0 Å². The number of aliphatic hydroxyl groups is 1. The average Bonchev–Trinajstić information content (AvgIpc) is 2.72. The van der Waals surface area contributed by atoms with Gasteiger partial charge in [0.2, 0.25) is 0 Å². The molecule has 82 valence electrons. The van der Waals surface area contributed by atoms with Crippen molar-refractivity contribution in [2.75, 3.05) is 39.3 Å². The molecular weight excluding hydrogens is 176 g/mol. The number of hydrogen-bond acceptors (Lipinski definition) is 3. The van der Waals surface area contributed by atoms with Gasteiger partial charge in [0.15, 0.2) is 0 Å². The van der Waals surface area contributed by atoms with Crippen molar-refractivity contribution in [1.82, 2.24) is 10.2 Å². The van der Waals surface area contributed by atoms with Gasteiger partial charge in [0.05, 0.1) is 0 Å². The van der Waals surface area contributed by atoms with Crippen molar-refractivity contribution in [3.63, 3.8) is 0 Å². The SMILES string of the molecule is OCC1CCN(CC2CCNC2)CC1. The number of nitrogens with one attached hydrogen (secondary N) is 1. The van der Waals surface area contributed by atoms with Crippen LogP contribution in [0.15, 0.2) is 0 Å². The summed E-state index contributed by atoms with van der Waals surface area (Å²) in [7, 11) is 0. The highest BCUT2D eigenvalue weighted by Gasteiger charge is 2.22. The van der Waals surface area contributed by atoms with Crippen molar-refractivity contribution >= 4 is 0 Å². The van der Waals surface area contributed by atoms with E-state index in [1.54, 1.807) is 0 Å². The molecule has 0 saturated carbocycles. The van der Waals surface area contributed by atoms with Crippen LogP contribution in [0.25, 0.3) is 0 Å². The first-order chi connectivity index (χ1) is 6.88. The van der Waals surface area contributed by atoms with Gasteiger partial charge in [-0.05, 0) is 57.3 Å². The maximum Gasteiger partial charge on any atom is 0.0460 e. The zero-order valence-corrected chi connectivity index (χ0v) is 8.91. The summed E-state index contributed by atoms with van der Waals surface area (Å²) >= 11 is 0. The Hall–Kier alpha value is -0.120. The Morgan fingerprint density at radius 2 is 1.93 bits per heavy atom. The van der Waals surface area contributed by atoms with E-state index in [2.05, 4.69) is 10.2 Å². The number of likely N-dealkylation sites (tertiary alicyclic amines) is 1. The summed E-state index contributed by atoms with van der Waals surface area (Å²) in [6.45, 7) is 6.46. The molecule has 0 aromatic heterocycles. The van der Waals surface area contributed by atoms with E-state index in [1.807, 2.05) is 0 Å². The van der Waals surface area contributed by atoms with Crippen molar-refractivity contribution in [2.45, 2.75) is 19.3 Å². The fourth-order valence-electron chi connectivity index (χ4n) is 2.59. The Labute approximate surface area is 86.5 Å². The molecule has 2 N–H and O–H groups in total. The maximum absolute atomic E-state index is 9.03. The Morgan fingerprint density at radius 1 is 1.14 bits per heavy atom. The van der Waals surface area contributed by atoms with E-state index in [0.29, 0.717) is 12.5 Å². The highest BCUT2D eigenvalue weighted by atomic mass is 16.3. The lowest BCUT2D eigenvalue weighted by Crippen LogP contribution is -2.38. The molecule has 3 nitrogen and oxygen atoms in total. The second-order valence-electron chi connectivity index (χ2n) is 4.79. The lowest BCUT2D eigenvalue weighted by atomic mass is 9.97. The minimum Gasteiger partial charge on any atom is -0.396 e. The van der Waals surface area contributed by atoms with Gasteiger partial charge < -0.3 is 15.3 Å². The number of rotatable bonds is 3. The molecule has 2 aliphatic rings. The molecule has 0 bridgehead atoms. The second-order valence-corrected chi connectivity index (χ2v) is 4.79. The second kappa shape index (κ2) is 5.10. The van der Waals surface area contributed by atoms with Gasteiger partial charge in [0.25, 0.3) is 0 Å². The van der Waals surface area contributed by atoms with E-state index >= 15 is 0 Å². The van der Waals surface area contributed by atoms with Gasteiger partial charge in [-0.15, -0.1) is 0 Å². The maximum atomic E-state index is 9.03. The van der Waals surface area contributed by atoms with Gasteiger partial charge in [-0.25, -0.2) is 0 Å². The average molecular weight is 198 g/mol. The summed E-state index contributed by atoms with van der Waals surface area (Å²) in [6, 6.07) is 0. The molecule has 2 aliphatic heterocycles. The molecule has 0 aliphatic carbocycles. The summed E-state index contributed by atoms with van der Waals surface area (Å²) in [6.07, 6.45) is 3.73. The molecular formula is C11H22N2O.